The summed E-state index contributed by atoms with van der Waals surface area (Å²) in [6.07, 6.45) is 3.65. The Morgan fingerprint density at radius 1 is 1.20 bits per heavy atom. The van der Waals surface area contributed by atoms with E-state index in [0.717, 1.165) is 25.7 Å². The standard InChI is InChI=1S/C17H36N2O/c1-15(2)7-10-19(6)14-17(8-11-20-12-9-17)13-18-16(3,4)5/h15,18H,7-14H2,1-6H3. The number of nitrogens with zero attached hydrogens (tertiary/aromatic N) is 1. The summed E-state index contributed by atoms with van der Waals surface area (Å²) >= 11 is 0. The van der Waals surface area contributed by atoms with E-state index in [9.17, 15) is 0 Å². The average Bonchev–Trinajstić information content (AvgIpc) is 2.34. The zero-order chi connectivity index (χ0) is 15.2. The van der Waals surface area contributed by atoms with E-state index in [-0.39, 0.29) is 5.54 Å². The normalized spacial score (nSPS) is 19.8. The molecule has 3 heteroatoms. The molecule has 0 aliphatic carbocycles. The summed E-state index contributed by atoms with van der Waals surface area (Å²) in [5, 5.41) is 3.72. The summed E-state index contributed by atoms with van der Waals surface area (Å²) in [4.78, 5) is 2.52. The fraction of sp³-hybridized carbons (Fsp3) is 1.00. The lowest BCUT2D eigenvalue weighted by Gasteiger charge is -2.42. The molecule has 1 saturated heterocycles. The summed E-state index contributed by atoms with van der Waals surface area (Å²) in [5.74, 6) is 0.788. The first-order valence-corrected chi connectivity index (χ1v) is 8.24. The minimum Gasteiger partial charge on any atom is -0.381 e. The van der Waals surface area contributed by atoms with Gasteiger partial charge in [0.2, 0.25) is 0 Å². The van der Waals surface area contributed by atoms with Gasteiger partial charge in [-0.2, -0.15) is 0 Å². The zero-order valence-electron chi connectivity index (χ0n) is 14.6. The number of rotatable bonds is 7. The van der Waals surface area contributed by atoms with Crippen molar-refractivity contribution in [2.24, 2.45) is 11.3 Å². The van der Waals surface area contributed by atoms with Gasteiger partial charge in [-0.3, -0.25) is 0 Å². The SMILES string of the molecule is CC(C)CCN(C)CC1(CNC(C)(C)C)CCOCC1. The summed E-state index contributed by atoms with van der Waals surface area (Å²) in [5.41, 5.74) is 0.582. The van der Waals surface area contributed by atoms with Gasteiger partial charge in [0.25, 0.3) is 0 Å². The van der Waals surface area contributed by atoms with Gasteiger partial charge in [0.15, 0.2) is 0 Å². The predicted octanol–water partition coefficient (Wildman–Crippen LogP) is 3.15. The second-order valence-corrected chi connectivity index (χ2v) is 8.14. The van der Waals surface area contributed by atoms with Crippen molar-refractivity contribution in [1.82, 2.24) is 10.2 Å². The number of hydrogen-bond donors (Lipinski definition) is 1. The summed E-state index contributed by atoms with van der Waals surface area (Å²) in [6.45, 7) is 16.7. The molecule has 1 aliphatic heterocycles. The van der Waals surface area contributed by atoms with Gasteiger partial charge in [0, 0.05) is 31.8 Å². The molecule has 1 aliphatic rings. The molecular weight excluding hydrogens is 248 g/mol. The molecule has 0 atom stereocenters. The molecule has 0 aromatic carbocycles. The van der Waals surface area contributed by atoms with Crippen LogP contribution in [0, 0.1) is 11.3 Å². The van der Waals surface area contributed by atoms with Crippen molar-refractivity contribution in [3.05, 3.63) is 0 Å². The van der Waals surface area contributed by atoms with E-state index >= 15 is 0 Å². The van der Waals surface area contributed by atoms with Crippen LogP contribution < -0.4 is 5.32 Å². The maximum absolute atomic E-state index is 5.59. The van der Waals surface area contributed by atoms with Gasteiger partial charge in [0.1, 0.15) is 0 Å². The molecule has 0 unspecified atom stereocenters. The van der Waals surface area contributed by atoms with Crippen LogP contribution in [-0.2, 0) is 4.74 Å². The van der Waals surface area contributed by atoms with Crippen LogP contribution in [0.4, 0.5) is 0 Å². The first-order chi connectivity index (χ1) is 9.22. The third-order valence-corrected chi connectivity index (χ3v) is 4.24. The molecule has 3 nitrogen and oxygen atoms in total. The topological polar surface area (TPSA) is 24.5 Å². The van der Waals surface area contributed by atoms with Crippen LogP contribution in [0.2, 0.25) is 0 Å². The summed E-state index contributed by atoms with van der Waals surface area (Å²) < 4.78 is 5.59. The third kappa shape index (κ3) is 7.05. The van der Waals surface area contributed by atoms with Crippen LogP contribution in [0.25, 0.3) is 0 Å². The molecule has 0 aromatic heterocycles. The van der Waals surface area contributed by atoms with Gasteiger partial charge in [-0.25, -0.2) is 0 Å². The van der Waals surface area contributed by atoms with Crippen molar-refractivity contribution in [1.29, 1.82) is 0 Å². The Bertz CT molecular complexity index is 265. The first kappa shape index (κ1) is 17.9. The number of nitrogens with one attached hydrogen (secondary N) is 1. The highest BCUT2D eigenvalue weighted by Gasteiger charge is 2.34. The Balaban J connectivity index is 2.54. The monoisotopic (exact) mass is 284 g/mol. The molecule has 0 saturated carbocycles. The Labute approximate surface area is 126 Å². The van der Waals surface area contributed by atoms with Crippen LogP contribution in [-0.4, -0.2) is 50.3 Å². The van der Waals surface area contributed by atoms with Crippen molar-refractivity contribution in [2.75, 3.05) is 39.9 Å². The number of hydrogen-bond acceptors (Lipinski definition) is 3. The first-order valence-electron chi connectivity index (χ1n) is 8.24. The van der Waals surface area contributed by atoms with Gasteiger partial charge in [-0.1, -0.05) is 13.8 Å². The van der Waals surface area contributed by atoms with Crippen LogP contribution in [0.1, 0.15) is 53.9 Å². The Morgan fingerprint density at radius 3 is 2.30 bits per heavy atom. The minimum absolute atomic E-state index is 0.196. The van der Waals surface area contributed by atoms with Gasteiger partial charge in [0.05, 0.1) is 0 Å². The van der Waals surface area contributed by atoms with Crippen molar-refractivity contribution in [3.63, 3.8) is 0 Å². The lowest BCUT2D eigenvalue weighted by atomic mass is 9.79. The molecule has 20 heavy (non-hydrogen) atoms. The maximum Gasteiger partial charge on any atom is 0.0472 e. The molecular formula is C17H36N2O. The Morgan fingerprint density at radius 2 is 1.80 bits per heavy atom. The summed E-state index contributed by atoms with van der Waals surface area (Å²) in [7, 11) is 2.27. The second kappa shape index (κ2) is 7.77. The largest absolute Gasteiger partial charge is 0.381 e. The molecule has 0 aromatic rings. The van der Waals surface area contributed by atoms with E-state index in [0.29, 0.717) is 5.41 Å². The van der Waals surface area contributed by atoms with Crippen LogP contribution in [0.15, 0.2) is 0 Å². The van der Waals surface area contributed by atoms with E-state index < -0.39 is 0 Å². The highest BCUT2D eigenvalue weighted by atomic mass is 16.5. The summed E-state index contributed by atoms with van der Waals surface area (Å²) in [6, 6.07) is 0. The second-order valence-electron chi connectivity index (χ2n) is 8.14. The van der Waals surface area contributed by atoms with Crippen molar-refractivity contribution >= 4 is 0 Å². The fourth-order valence-electron chi connectivity index (χ4n) is 2.78. The van der Waals surface area contributed by atoms with E-state index in [2.05, 4.69) is 51.9 Å². The minimum atomic E-state index is 0.196. The number of ether oxygens (including phenoxy) is 1. The molecule has 0 spiro atoms. The van der Waals surface area contributed by atoms with E-state index in [1.807, 2.05) is 0 Å². The fourth-order valence-corrected chi connectivity index (χ4v) is 2.78. The lowest BCUT2D eigenvalue weighted by molar-refractivity contribution is -0.00377. The molecule has 0 amide bonds. The predicted molar refractivity (Wildman–Crippen MR) is 87.2 cm³/mol. The average molecular weight is 284 g/mol. The van der Waals surface area contributed by atoms with Gasteiger partial charge in [-0.15, -0.1) is 0 Å². The van der Waals surface area contributed by atoms with Gasteiger partial charge in [-0.05, 0) is 65.0 Å². The van der Waals surface area contributed by atoms with Crippen molar-refractivity contribution < 1.29 is 4.74 Å². The van der Waals surface area contributed by atoms with Crippen LogP contribution >= 0.6 is 0 Å². The quantitative estimate of drug-likeness (QED) is 0.777. The van der Waals surface area contributed by atoms with Crippen LogP contribution in [0.5, 0.6) is 0 Å². The molecule has 1 N–H and O–H groups in total. The molecule has 1 fully saturated rings. The molecule has 0 bridgehead atoms. The van der Waals surface area contributed by atoms with Gasteiger partial charge < -0.3 is 15.0 Å². The lowest BCUT2D eigenvalue weighted by Crippen LogP contribution is -2.50. The highest BCUT2D eigenvalue weighted by Crippen LogP contribution is 2.31. The zero-order valence-corrected chi connectivity index (χ0v) is 14.6. The van der Waals surface area contributed by atoms with Crippen LogP contribution in [0.3, 0.4) is 0 Å². The Hall–Kier alpha value is -0.120. The van der Waals surface area contributed by atoms with E-state index in [4.69, 9.17) is 4.74 Å². The van der Waals surface area contributed by atoms with E-state index in [1.165, 1.54) is 32.4 Å². The maximum atomic E-state index is 5.59. The molecule has 0 radical (unpaired) electrons. The molecule has 1 heterocycles. The molecule has 120 valence electrons. The van der Waals surface area contributed by atoms with Crippen molar-refractivity contribution in [3.8, 4) is 0 Å². The van der Waals surface area contributed by atoms with Crippen molar-refractivity contribution in [2.45, 2.75) is 59.4 Å². The Kier molecular flexibility index (Phi) is 6.96. The van der Waals surface area contributed by atoms with Gasteiger partial charge >= 0.3 is 0 Å². The highest BCUT2D eigenvalue weighted by molar-refractivity contribution is 4.89. The smallest absolute Gasteiger partial charge is 0.0472 e. The third-order valence-electron chi connectivity index (χ3n) is 4.24. The molecule has 1 rings (SSSR count). The van der Waals surface area contributed by atoms with E-state index in [1.54, 1.807) is 0 Å².